The topological polar surface area (TPSA) is 51.8 Å². The Bertz CT molecular complexity index is 705. The molecule has 0 radical (unpaired) electrons. The highest BCUT2D eigenvalue weighted by molar-refractivity contribution is 7.16. The molecule has 0 saturated heterocycles. The van der Waals surface area contributed by atoms with Gasteiger partial charge in [-0.15, -0.1) is 22.7 Å². The summed E-state index contributed by atoms with van der Waals surface area (Å²) < 4.78 is 0. The second-order valence-corrected chi connectivity index (χ2v) is 6.44. The van der Waals surface area contributed by atoms with Crippen LogP contribution in [0.25, 0.3) is 10.6 Å². The number of benzene rings is 1. The molecular weight excluding hydrogens is 298 g/mol. The van der Waals surface area contributed by atoms with Gasteiger partial charge in [0.2, 0.25) is 0 Å². The van der Waals surface area contributed by atoms with E-state index in [1.807, 2.05) is 35.8 Å². The molecule has 0 saturated carbocycles. The van der Waals surface area contributed by atoms with Crippen LogP contribution in [0.15, 0.2) is 35.8 Å². The number of hydrogen-bond donors (Lipinski definition) is 1. The average Bonchev–Trinajstić information content (AvgIpc) is 2.98. The van der Waals surface area contributed by atoms with Gasteiger partial charge in [-0.3, -0.25) is 0 Å². The molecule has 3 aromatic rings. The van der Waals surface area contributed by atoms with Crippen LogP contribution < -0.4 is 5.73 Å². The molecule has 0 aliphatic carbocycles. The molecule has 2 N–H and O–H groups in total. The number of hydrogen-bond acceptors (Lipinski definition) is 5. The second kappa shape index (κ2) is 5.28. The maximum Gasteiger partial charge on any atom is 0.180 e. The highest BCUT2D eigenvalue weighted by Crippen LogP contribution is 2.29. The largest absolute Gasteiger partial charge is 0.375 e. The van der Waals surface area contributed by atoms with E-state index in [1.54, 1.807) is 11.3 Å². The van der Waals surface area contributed by atoms with Gasteiger partial charge in [0.05, 0.1) is 15.6 Å². The van der Waals surface area contributed by atoms with Crippen LogP contribution in [0.1, 0.15) is 10.6 Å². The number of nitrogens with two attached hydrogens (primary N) is 1. The van der Waals surface area contributed by atoms with Crippen LogP contribution in [-0.2, 0) is 6.42 Å². The molecule has 19 heavy (non-hydrogen) atoms. The molecule has 0 bridgehead atoms. The van der Waals surface area contributed by atoms with Gasteiger partial charge in [0.1, 0.15) is 0 Å². The minimum Gasteiger partial charge on any atom is -0.375 e. The van der Waals surface area contributed by atoms with E-state index in [4.69, 9.17) is 17.3 Å². The van der Waals surface area contributed by atoms with Crippen molar-refractivity contribution in [1.29, 1.82) is 0 Å². The first-order valence-electron chi connectivity index (χ1n) is 5.61. The van der Waals surface area contributed by atoms with Crippen molar-refractivity contribution in [2.45, 2.75) is 6.42 Å². The van der Waals surface area contributed by atoms with Gasteiger partial charge in [-0.2, -0.15) is 0 Å². The summed E-state index contributed by atoms with van der Waals surface area (Å²) in [6.07, 6.45) is 2.63. The first-order valence-corrected chi connectivity index (χ1v) is 7.68. The van der Waals surface area contributed by atoms with Gasteiger partial charge in [0, 0.05) is 23.0 Å². The SMILES string of the molecule is Nc1nc(-c2cnc(Cc3cccc(Cl)c3)s2)cs1. The Morgan fingerprint density at radius 2 is 2.21 bits per heavy atom. The van der Waals surface area contributed by atoms with Crippen LogP contribution >= 0.6 is 34.3 Å². The number of thiazole rings is 2. The van der Waals surface area contributed by atoms with Gasteiger partial charge in [-0.1, -0.05) is 23.7 Å². The summed E-state index contributed by atoms with van der Waals surface area (Å²) >= 11 is 9.05. The molecule has 0 aliphatic rings. The van der Waals surface area contributed by atoms with Crippen molar-refractivity contribution < 1.29 is 0 Å². The normalized spacial score (nSPS) is 10.8. The molecular formula is C13H10ClN3S2. The third kappa shape index (κ3) is 2.94. The first kappa shape index (κ1) is 12.6. The van der Waals surface area contributed by atoms with Crippen LogP contribution in [0.2, 0.25) is 5.02 Å². The molecule has 2 heterocycles. The smallest absolute Gasteiger partial charge is 0.180 e. The van der Waals surface area contributed by atoms with Crippen LogP contribution in [0.4, 0.5) is 5.13 Å². The Labute approximate surface area is 123 Å². The molecule has 0 unspecified atom stereocenters. The summed E-state index contributed by atoms with van der Waals surface area (Å²) in [5, 5.41) is 4.33. The fraction of sp³-hybridized carbons (Fsp3) is 0.0769. The van der Waals surface area contributed by atoms with Gasteiger partial charge in [-0.25, -0.2) is 9.97 Å². The van der Waals surface area contributed by atoms with E-state index in [9.17, 15) is 0 Å². The monoisotopic (exact) mass is 307 g/mol. The minimum absolute atomic E-state index is 0.583. The number of nitrogen functional groups attached to an aromatic ring is 1. The van der Waals surface area contributed by atoms with Crippen LogP contribution in [0, 0.1) is 0 Å². The van der Waals surface area contributed by atoms with E-state index >= 15 is 0 Å². The fourth-order valence-electron chi connectivity index (χ4n) is 1.73. The maximum atomic E-state index is 5.98. The molecule has 6 heteroatoms. The highest BCUT2D eigenvalue weighted by atomic mass is 35.5. The lowest BCUT2D eigenvalue weighted by molar-refractivity contribution is 1.14. The number of halogens is 1. The summed E-state index contributed by atoms with van der Waals surface area (Å²) in [6.45, 7) is 0. The average molecular weight is 308 g/mol. The minimum atomic E-state index is 0.583. The third-order valence-corrected chi connectivity index (χ3v) is 4.50. The van der Waals surface area contributed by atoms with Crippen molar-refractivity contribution >= 4 is 39.4 Å². The van der Waals surface area contributed by atoms with Gasteiger partial charge in [-0.05, 0) is 17.7 Å². The van der Waals surface area contributed by atoms with Crippen LogP contribution in [0.3, 0.4) is 0 Å². The zero-order chi connectivity index (χ0) is 13.2. The molecule has 1 aromatic carbocycles. The van der Waals surface area contributed by atoms with E-state index in [0.29, 0.717) is 5.13 Å². The fourth-order valence-corrected chi connectivity index (χ4v) is 3.50. The predicted octanol–water partition coefficient (Wildman–Crippen LogP) is 4.09. The molecule has 3 rings (SSSR count). The van der Waals surface area contributed by atoms with E-state index in [1.165, 1.54) is 11.3 Å². The van der Waals surface area contributed by atoms with Crippen molar-refractivity contribution in [2.75, 3.05) is 5.73 Å². The Kier molecular flexibility index (Phi) is 3.50. The molecule has 2 aromatic heterocycles. The molecule has 0 amide bonds. The maximum absolute atomic E-state index is 5.98. The zero-order valence-electron chi connectivity index (χ0n) is 9.84. The van der Waals surface area contributed by atoms with Crippen molar-refractivity contribution in [1.82, 2.24) is 9.97 Å². The molecule has 0 fully saturated rings. The summed E-state index contributed by atoms with van der Waals surface area (Å²) in [7, 11) is 0. The van der Waals surface area contributed by atoms with Crippen molar-refractivity contribution in [3.05, 3.63) is 51.4 Å². The third-order valence-electron chi connectivity index (χ3n) is 2.57. The second-order valence-electron chi connectivity index (χ2n) is 4.00. The lowest BCUT2D eigenvalue weighted by Gasteiger charge is -1.97. The Morgan fingerprint density at radius 1 is 1.32 bits per heavy atom. The zero-order valence-corrected chi connectivity index (χ0v) is 12.2. The highest BCUT2D eigenvalue weighted by Gasteiger charge is 2.08. The van der Waals surface area contributed by atoms with Crippen molar-refractivity contribution in [3.63, 3.8) is 0 Å². The van der Waals surface area contributed by atoms with Gasteiger partial charge >= 0.3 is 0 Å². The van der Waals surface area contributed by atoms with Crippen LogP contribution in [-0.4, -0.2) is 9.97 Å². The lowest BCUT2D eigenvalue weighted by atomic mass is 10.2. The Morgan fingerprint density at radius 3 is 2.95 bits per heavy atom. The Hall–Kier alpha value is -1.43. The summed E-state index contributed by atoms with van der Waals surface area (Å²) in [5.41, 5.74) is 7.70. The van der Waals surface area contributed by atoms with E-state index < -0.39 is 0 Å². The van der Waals surface area contributed by atoms with Gasteiger partial charge in [0.15, 0.2) is 5.13 Å². The summed E-state index contributed by atoms with van der Waals surface area (Å²) in [6, 6.07) is 7.83. The first-order chi connectivity index (χ1) is 9.20. The number of anilines is 1. The van der Waals surface area contributed by atoms with E-state index in [-0.39, 0.29) is 0 Å². The number of rotatable bonds is 3. The quantitative estimate of drug-likeness (QED) is 0.793. The molecule has 96 valence electrons. The van der Waals surface area contributed by atoms with Gasteiger partial charge < -0.3 is 5.73 Å². The van der Waals surface area contributed by atoms with Crippen LogP contribution in [0.5, 0.6) is 0 Å². The number of nitrogens with zero attached hydrogens (tertiary/aromatic N) is 2. The molecule has 0 spiro atoms. The standard InChI is InChI=1S/C13H10ClN3S2/c14-9-3-1-2-8(4-9)5-12-16-6-11(19-12)10-7-18-13(15)17-10/h1-4,6-7H,5H2,(H2,15,17). The molecule has 3 nitrogen and oxygen atoms in total. The summed E-state index contributed by atoms with van der Waals surface area (Å²) in [5.74, 6) is 0. The molecule has 0 atom stereocenters. The lowest BCUT2D eigenvalue weighted by Crippen LogP contribution is -1.85. The van der Waals surface area contributed by atoms with E-state index in [0.717, 1.165) is 32.6 Å². The molecule has 0 aliphatic heterocycles. The van der Waals surface area contributed by atoms with E-state index in [2.05, 4.69) is 9.97 Å². The Balaban J connectivity index is 1.82. The summed E-state index contributed by atoms with van der Waals surface area (Å²) in [4.78, 5) is 9.73. The number of aromatic nitrogens is 2. The van der Waals surface area contributed by atoms with Gasteiger partial charge in [0.25, 0.3) is 0 Å². The van der Waals surface area contributed by atoms with Crippen molar-refractivity contribution in [2.24, 2.45) is 0 Å². The predicted molar refractivity (Wildman–Crippen MR) is 81.9 cm³/mol. The van der Waals surface area contributed by atoms with Crippen molar-refractivity contribution in [3.8, 4) is 10.6 Å².